The largest absolute Gasteiger partial charge is 0.462 e. The van der Waals surface area contributed by atoms with Gasteiger partial charge >= 0.3 is 5.97 Å². The van der Waals surface area contributed by atoms with Crippen LogP contribution in [0.15, 0.2) is 18.3 Å². The number of pyridine rings is 1. The molecule has 0 saturated carbocycles. The molecule has 1 aliphatic rings. The van der Waals surface area contributed by atoms with Crippen molar-refractivity contribution in [2.75, 3.05) is 19.8 Å². The van der Waals surface area contributed by atoms with E-state index in [-0.39, 0.29) is 12.0 Å². The van der Waals surface area contributed by atoms with E-state index in [2.05, 4.69) is 16.5 Å². The summed E-state index contributed by atoms with van der Waals surface area (Å²) < 4.78 is 12.9. The molecule has 3 rings (SSSR count). The summed E-state index contributed by atoms with van der Waals surface area (Å²) in [6.45, 7) is 8.03. The summed E-state index contributed by atoms with van der Waals surface area (Å²) in [5.41, 5.74) is 2.46. The van der Waals surface area contributed by atoms with E-state index in [0.717, 1.165) is 42.8 Å². The van der Waals surface area contributed by atoms with Crippen LogP contribution in [0.3, 0.4) is 0 Å². The fraction of sp³-hybridized carbons (Fsp3) is 0.556. The van der Waals surface area contributed by atoms with Gasteiger partial charge in [0.25, 0.3) is 0 Å². The molecule has 1 atom stereocenters. The van der Waals surface area contributed by atoms with Crippen molar-refractivity contribution >= 4 is 17.0 Å². The molecule has 1 saturated heterocycles. The second-order valence-corrected chi connectivity index (χ2v) is 6.12. The number of fused-ring (bicyclic) bond motifs is 1. The van der Waals surface area contributed by atoms with Crippen molar-refractivity contribution in [1.82, 2.24) is 9.55 Å². The molecule has 1 unspecified atom stereocenters. The molecule has 2 aromatic heterocycles. The van der Waals surface area contributed by atoms with Gasteiger partial charge in [-0.05, 0) is 51.7 Å². The van der Waals surface area contributed by atoms with Gasteiger partial charge in [-0.15, -0.1) is 0 Å². The second kappa shape index (κ2) is 6.71. The predicted octanol–water partition coefficient (Wildman–Crippen LogP) is 3.51. The van der Waals surface area contributed by atoms with E-state index in [1.807, 2.05) is 26.0 Å². The Balaban J connectivity index is 2.09. The fourth-order valence-electron chi connectivity index (χ4n) is 3.63. The Hall–Kier alpha value is -1.88. The smallest absolute Gasteiger partial charge is 0.340 e. The summed E-state index contributed by atoms with van der Waals surface area (Å²) in [7, 11) is 0. The minimum absolute atomic E-state index is 0.263. The Kier molecular flexibility index (Phi) is 4.66. The standard InChI is InChI=1S/C18H24N2O3/c1-4-23-18(21)16-13(3)20(17-15(16)6-5-9-19-17)12(2)14-7-10-22-11-8-14/h5-6,9,12,14H,4,7-8,10-11H2,1-3H3. The highest BCUT2D eigenvalue weighted by atomic mass is 16.5. The molecule has 5 nitrogen and oxygen atoms in total. The average Bonchev–Trinajstić information content (AvgIpc) is 2.87. The maximum Gasteiger partial charge on any atom is 0.340 e. The molecule has 5 heteroatoms. The summed E-state index contributed by atoms with van der Waals surface area (Å²) in [6.07, 6.45) is 3.87. The SMILES string of the molecule is CCOC(=O)c1c(C)n(C(C)C2CCOCC2)c2ncccc12. The van der Waals surface area contributed by atoms with Gasteiger partial charge in [0, 0.05) is 36.5 Å². The monoisotopic (exact) mass is 316 g/mol. The van der Waals surface area contributed by atoms with Crippen molar-refractivity contribution in [3.8, 4) is 0 Å². The molecule has 0 spiro atoms. The van der Waals surface area contributed by atoms with Crippen LogP contribution >= 0.6 is 0 Å². The highest BCUT2D eigenvalue weighted by molar-refractivity contribution is 6.05. The molecule has 0 aliphatic carbocycles. The molecule has 124 valence electrons. The van der Waals surface area contributed by atoms with Gasteiger partial charge in [-0.3, -0.25) is 0 Å². The number of rotatable bonds is 4. The van der Waals surface area contributed by atoms with Crippen molar-refractivity contribution in [2.24, 2.45) is 5.92 Å². The summed E-state index contributed by atoms with van der Waals surface area (Å²) in [4.78, 5) is 17.0. The van der Waals surface area contributed by atoms with Crippen molar-refractivity contribution in [3.05, 3.63) is 29.6 Å². The number of carbonyl (C=O) groups excluding carboxylic acids is 1. The van der Waals surface area contributed by atoms with Gasteiger partial charge < -0.3 is 14.0 Å². The fourth-order valence-corrected chi connectivity index (χ4v) is 3.63. The lowest BCUT2D eigenvalue weighted by atomic mass is 9.92. The van der Waals surface area contributed by atoms with Gasteiger partial charge in [-0.1, -0.05) is 0 Å². The van der Waals surface area contributed by atoms with Crippen molar-refractivity contribution in [2.45, 2.75) is 39.7 Å². The Labute approximate surface area is 136 Å². The van der Waals surface area contributed by atoms with E-state index >= 15 is 0 Å². The van der Waals surface area contributed by atoms with Crippen LogP contribution in [-0.4, -0.2) is 35.3 Å². The Morgan fingerprint density at radius 3 is 2.91 bits per heavy atom. The highest BCUT2D eigenvalue weighted by Gasteiger charge is 2.28. The quantitative estimate of drug-likeness (QED) is 0.810. The van der Waals surface area contributed by atoms with Gasteiger partial charge in [-0.2, -0.15) is 0 Å². The average molecular weight is 316 g/mol. The Morgan fingerprint density at radius 1 is 1.48 bits per heavy atom. The minimum atomic E-state index is -0.263. The molecule has 0 bridgehead atoms. The molecule has 23 heavy (non-hydrogen) atoms. The lowest BCUT2D eigenvalue weighted by Gasteiger charge is -2.30. The third-order valence-electron chi connectivity index (χ3n) is 4.84. The zero-order valence-electron chi connectivity index (χ0n) is 14.0. The zero-order chi connectivity index (χ0) is 16.4. The summed E-state index contributed by atoms with van der Waals surface area (Å²) in [5, 5.41) is 0.877. The van der Waals surface area contributed by atoms with E-state index in [0.29, 0.717) is 18.1 Å². The van der Waals surface area contributed by atoms with Crippen LogP contribution in [0.4, 0.5) is 0 Å². The zero-order valence-corrected chi connectivity index (χ0v) is 14.0. The van der Waals surface area contributed by atoms with E-state index in [9.17, 15) is 4.79 Å². The topological polar surface area (TPSA) is 53.4 Å². The maximum atomic E-state index is 12.4. The third-order valence-corrected chi connectivity index (χ3v) is 4.84. The first-order chi connectivity index (χ1) is 11.1. The van der Waals surface area contributed by atoms with Gasteiger partial charge in [-0.25, -0.2) is 9.78 Å². The lowest BCUT2D eigenvalue weighted by molar-refractivity contribution is 0.0504. The van der Waals surface area contributed by atoms with Gasteiger partial charge in [0.15, 0.2) is 0 Å². The summed E-state index contributed by atoms with van der Waals surface area (Å²) >= 11 is 0. The molecule has 1 fully saturated rings. The Bertz CT molecular complexity index is 702. The van der Waals surface area contributed by atoms with E-state index in [1.54, 1.807) is 6.20 Å². The van der Waals surface area contributed by atoms with Crippen molar-refractivity contribution in [1.29, 1.82) is 0 Å². The van der Waals surface area contributed by atoms with E-state index in [1.165, 1.54) is 0 Å². The van der Waals surface area contributed by atoms with Crippen LogP contribution in [0.5, 0.6) is 0 Å². The molecule has 0 amide bonds. The molecule has 0 aromatic carbocycles. The third kappa shape index (κ3) is 2.85. The van der Waals surface area contributed by atoms with Crippen LogP contribution in [0.25, 0.3) is 11.0 Å². The first-order valence-electron chi connectivity index (χ1n) is 8.35. The van der Waals surface area contributed by atoms with Crippen LogP contribution in [0.1, 0.15) is 48.8 Å². The number of aromatic nitrogens is 2. The van der Waals surface area contributed by atoms with Gasteiger partial charge in [0.05, 0.1) is 12.2 Å². The molecule has 0 N–H and O–H groups in total. The van der Waals surface area contributed by atoms with E-state index in [4.69, 9.17) is 9.47 Å². The Morgan fingerprint density at radius 2 is 2.22 bits per heavy atom. The van der Waals surface area contributed by atoms with Crippen LogP contribution in [0.2, 0.25) is 0 Å². The molecular weight excluding hydrogens is 292 g/mol. The summed E-state index contributed by atoms with van der Waals surface area (Å²) in [5.74, 6) is 0.274. The molecule has 0 radical (unpaired) electrons. The van der Waals surface area contributed by atoms with Crippen molar-refractivity contribution in [3.63, 3.8) is 0 Å². The molecule has 3 heterocycles. The molecule has 1 aliphatic heterocycles. The number of ether oxygens (including phenoxy) is 2. The lowest BCUT2D eigenvalue weighted by Crippen LogP contribution is -2.25. The van der Waals surface area contributed by atoms with Gasteiger partial charge in [0.1, 0.15) is 5.65 Å². The normalized spacial score (nSPS) is 17.3. The minimum Gasteiger partial charge on any atom is -0.462 e. The highest BCUT2D eigenvalue weighted by Crippen LogP contribution is 2.34. The number of carbonyl (C=O) groups is 1. The van der Waals surface area contributed by atoms with Crippen molar-refractivity contribution < 1.29 is 14.3 Å². The first-order valence-corrected chi connectivity index (χ1v) is 8.35. The number of hydrogen-bond donors (Lipinski definition) is 0. The second-order valence-electron chi connectivity index (χ2n) is 6.12. The molecule has 2 aromatic rings. The maximum absolute atomic E-state index is 12.4. The first kappa shape index (κ1) is 16.0. The van der Waals surface area contributed by atoms with Crippen LogP contribution < -0.4 is 0 Å². The van der Waals surface area contributed by atoms with Crippen LogP contribution in [0, 0.1) is 12.8 Å². The molecular formula is C18H24N2O3. The predicted molar refractivity (Wildman–Crippen MR) is 88.7 cm³/mol. The summed E-state index contributed by atoms with van der Waals surface area (Å²) in [6, 6.07) is 4.10. The number of hydrogen-bond acceptors (Lipinski definition) is 4. The number of esters is 1. The van der Waals surface area contributed by atoms with Gasteiger partial charge in [0.2, 0.25) is 0 Å². The van der Waals surface area contributed by atoms with Crippen LogP contribution in [-0.2, 0) is 9.47 Å². The number of nitrogens with zero attached hydrogens (tertiary/aromatic N) is 2. The van der Waals surface area contributed by atoms with E-state index < -0.39 is 0 Å².